The lowest BCUT2D eigenvalue weighted by Gasteiger charge is -2.19. The van der Waals surface area contributed by atoms with E-state index >= 15 is 0 Å². The van der Waals surface area contributed by atoms with Crippen LogP contribution in [0.2, 0.25) is 0 Å². The van der Waals surface area contributed by atoms with Crippen molar-refractivity contribution in [2.45, 2.75) is 13.3 Å². The quantitative estimate of drug-likeness (QED) is 0.460. The van der Waals surface area contributed by atoms with Crippen LogP contribution in [-0.4, -0.2) is 13.0 Å². The molecule has 0 bridgehead atoms. The third-order valence-electron chi connectivity index (χ3n) is 3.14. The maximum atomic E-state index is 6.11. The molecule has 3 nitrogen and oxygen atoms in total. The van der Waals surface area contributed by atoms with Gasteiger partial charge < -0.3 is 10.6 Å². The van der Waals surface area contributed by atoms with Crippen LogP contribution in [0.25, 0.3) is 0 Å². The first-order valence-corrected chi connectivity index (χ1v) is 7.61. The molecule has 21 heavy (non-hydrogen) atoms. The number of benzene rings is 2. The normalized spacial score (nSPS) is 10.9. The lowest BCUT2D eigenvalue weighted by Crippen LogP contribution is -2.33. The Morgan fingerprint density at radius 3 is 2.57 bits per heavy atom. The van der Waals surface area contributed by atoms with Crippen molar-refractivity contribution in [3.8, 4) is 0 Å². The first-order valence-electron chi connectivity index (χ1n) is 6.53. The van der Waals surface area contributed by atoms with Gasteiger partial charge in [-0.15, -0.1) is 12.4 Å². The van der Waals surface area contributed by atoms with Gasteiger partial charge in [0.2, 0.25) is 5.96 Å². The zero-order chi connectivity index (χ0) is 14.5. The molecule has 0 radical (unpaired) electrons. The highest BCUT2D eigenvalue weighted by Crippen LogP contribution is 2.21. The Bertz CT molecular complexity index is 628. The molecule has 5 heteroatoms. The van der Waals surface area contributed by atoms with Gasteiger partial charge in [-0.05, 0) is 58.8 Å². The molecule has 0 aliphatic rings. The highest BCUT2D eigenvalue weighted by molar-refractivity contribution is 14.1. The molecule has 2 aromatic rings. The summed E-state index contributed by atoms with van der Waals surface area (Å²) in [6, 6.07) is 16.3. The summed E-state index contributed by atoms with van der Waals surface area (Å²) in [4.78, 5) is 6.41. The summed E-state index contributed by atoms with van der Waals surface area (Å²) in [5.41, 5.74) is 9.35. The summed E-state index contributed by atoms with van der Waals surface area (Å²) in [7, 11) is 1.93. The van der Waals surface area contributed by atoms with Crippen molar-refractivity contribution < 1.29 is 0 Å². The average Bonchev–Trinajstić information content (AvgIpc) is 2.48. The van der Waals surface area contributed by atoms with Crippen LogP contribution in [0.3, 0.4) is 0 Å². The summed E-state index contributed by atoms with van der Waals surface area (Å²) in [6.45, 7) is 2.14. The molecule has 0 saturated carbocycles. The van der Waals surface area contributed by atoms with E-state index in [0.29, 0.717) is 5.96 Å². The molecule has 2 aromatic carbocycles. The molecule has 0 unspecified atom stereocenters. The van der Waals surface area contributed by atoms with Crippen LogP contribution >= 0.6 is 35.0 Å². The van der Waals surface area contributed by atoms with Crippen LogP contribution in [0, 0.1) is 3.57 Å². The fraction of sp³-hybridized carbons (Fsp3) is 0.188. The lowest BCUT2D eigenvalue weighted by atomic mass is 10.1. The monoisotopic (exact) mass is 415 g/mol. The van der Waals surface area contributed by atoms with Gasteiger partial charge in [0.05, 0.1) is 5.69 Å². The number of hydrogen-bond donors (Lipinski definition) is 1. The Morgan fingerprint density at radius 1 is 1.19 bits per heavy atom. The molecule has 0 aliphatic heterocycles. The van der Waals surface area contributed by atoms with Gasteiger partial charge >= 0.3 is 0 Å². The van der Waals surface area contributed by atoms with E-state index in [0.717, 1.165) is 21.4 Å². The van der Waals surface area contributed by atoms with Crippen molar-refractivity contribution in [2.75, 3.05) is 11.9 Å². The van der Waals surface area contributed by atoms with Gasteiger partial charge in [-0.2, -0.15) is 0 Å². The molecular formula is C16H19ClIN3. The predicted octanol–water partition coefficient (Wildman–Crippen LogP) is 4.36. The Morgan fingerprint density at radius 2 is 1.90 bits per heavy atom. The Labute approximate surface area is 145 Å². The molecule has 2 N–H and O–H groups in total. The average molecular weight is 416 g/mol. The van der Waals surface area contributed by atoms with Crippen molar-refractivity contribution in [2.24, 2.45) is 10.7 Å². The van der Waals surface area contributed by atoms with E-state index in [9.17, 15) is 0 Å². The van der Waals surface area contributed by atoms with Crippen molar-refractivity contribution in [1.29, 1.82) is 0 Å². The number of rotatable bonds is 3. The fourth-order valence-electron chi connectivity index (χ4n) is 1.86. The third-order valence-corrected chi connectivity index (χ3v) is 4.05. The Hall–Kier alpha value is -1.27. The van der Waals surface area contributed by atoms with Crippen LogP contribution in [-0.2, 0) is 6.42 Å². The first-order chi connectivity index (χ1) is 9.61. The Kier molecular flexibility index (Phi) is 6.98. The second-order valence-electron chi connectivity index (χ2n) is 4.50. The van der Waals surface area contributed by atoms with E-state index in [4.69, 9.17) is 5.73 Å². The maximum absolute atomic E-state index is 6.11. The van der Waals surface area contributed by atoms with E-state index < -0.39 is 0 Å². The standard InChI is InChI=1S/C16H18IN3.ClH/c1-3-12-7-6-8-13(11-12)20(2)16(18)19-15-10-5-4-9-14(15)17;/h4-11H,3H2,1-2H3,(H2,18,19);1H. The number of aliphatic imine (C=N–C) groups is 1. The predicted molar refractivity (Wildman–Crippen MR) is 102 cm³/mol. The highest BCUT2D eigenvalue weighted by Gasteiger charge is 2.06. The Balaban J connectivity index is 0.00000220. The molecule has 0 atom stereocenters. The van der Waals surface area contributed by atoms with Gasteiger partial charge in [0.25, 0.3) is 0 Å². The topological polar surface area (TPSA) is 41.6 Å². The van der Waals surface area contributed by atoms with Gasteiger partial charge in [0.1, 0.15) is 0 Å². The van der Waals surface area contributed by atoms with Crippen LogP contribution in [0.4, 0.5) is 11.4 Å². The van der Waals surface area contributed by atoms with E-state index in [2.05, 4.69) is 46.6 Å². The van der Waals surface area contributed by atoms with E-state index in [-0.39, 0.29) is 12.4 Å². The molecule has 2 rings (SSSR count). The SMILES string of the molecule is CCc1cccc(N(C)C(N)=Nc2ccccc2I)c1.Cl. The molecular weight excluding hydrogens is 397 g/mol. The lowest BCUT2D eigenvalue weighted by molar-refractivity contribution is 1.13. The number of nitrogens with zero attached hydrogens (tertiary/aromatic N) is 2. The van der Waals surface area contributed by atoms with Crippen LogP contribution in [0.15, 0.2) is 53.5 Å². The molecule has 0 amide bonds. The second-order valence-corrected chi connectivity index (χ2v) is 5.67. The molecule has 0 heterocycles. The molecule has 0 fully saturated rings. The van der Waals surface area contributed by atoms with Crippen LogP contribution in [0.5, 0.6) is 0 Å². The minimum atomic E-state index is 0. The summed E-state index contributed by atoms with van der Waals surface area (Å²) in [5, 5.41) is 0. The molecule has 0 spiro atoms. The fourth-order valence-corrected chi connectivity index (χ4v) is 2.37. The van der Waals surface area contributed by atoms with Crippen molar-refractivity contribution in [1.82, 2.24) is 0 Å². The number of nitrogens with two attached hydrogens (primary N) is 1. The van der Waals surface area contributed by atoms with Crippen molar-refractivity contribution in [3.05, 3.63) is 57.7 Å². The summed E-state index contributed by atoms with van der Waals surface area (Å²) in [5.74, 6) is 0.488. The largest absolute Gasteiger partial charge is 0.369 e. The van der Waals surface area contributed by atoms with Crippen LogP contribution < -0.4 is 10.6 Å². The number of guanidine groups is 1. The van der Waals surface area contributed by atoms with Gasteiger partial charge in [0.15, 0.2) is 0 Å². The molecule has 0 aliphatic carbocycles. The summed E-state index contributed by atoms with van der Waals surface area (Å²) >= 11 is 2.26. The van der Waals surface area contributed by atoms with E-state index in [1.54, 1.807) is 0 Å². The minimum Gasteiger partial charge on any atom is -0.369 e. The smallest absolute Gasteiger partial charge is 0.200 e. The van der Waals surface area contributed by atoms with E-state index in [1.165, 1.54) is 5.56 Å². The number of para-hydroxylation sites is 1. The molecule has 0 saturated heterocycles. The number of anilines is 1. The summed E-state index contributed by atoms with van der Waals surface area (Å²) < 4.78 is 1.09. The first kappa shape index (κ1) is 17.8. The minimum absolute atomic E-state index is 0. The number of hydrogen-bond acceptors (Lipinski definition) is 1. The van der Waals surface area contributed by atoms with Gasteiger partial charge in [0, 0.05) is 16.3 Å². The third kappa shape index (κ3) is 4.61. The number of aryl methyl sites for hydroxylation is 1. The molecule has 0 aromatic heterocycles. The van der Waals surface area contributed by atoms with Crippen molar-refractivity contribution >= 4 is 52.3 Å². The second kappa shape index (κ2) is 8.24. The van der Waals surface area contributed by atoms with E-state index in [1.807, 2.05) is 48.3 Å². The van der Waals surface area contributed by atoms with Gasteiger partial charge in [-0.25, -0.2) is 4.99 Å². The maximum Gasteiger partial charge on any atom is 0.200 e. The number of halogens is 2. The zero-order valence-corrected chi connectivity index (χ0v) is 15.1. The van der Waals surface area contributed by atoms with Gasteiger partial charge in [-0.3, -0.25) is 0 Å². The zero-order valence-electron chi connectivity index (χ0n) is 12.1. The van der Waals surface area contributed by atoms with Crippen LogP contribution in [0.1, 0.15) is 12.5 Å². The summed E-state index contributed by atoms with van der Waals surface area (Å²) in [6.07, 6.45) is 1.01. The highest BCUT2D eigenvalue weighted by atomic mass is 127. The van der Waals surface area contributed by atoms with Crippen molar-refractivity contribution in [3.63, 3.8) is 0 Å². The van der Waals surface area contributed by atoms with Gasteiger partial charge in [-0.1, -0.05) is 31.2 Å². The molecule has 112 valence electrons.